The van der Waals surface area contributed by atoms with Crippen molar-refractivity contribution in [2.45, 2.75) is 25.4 Å². The molecule has 29 heavy (non-hydrogen) atoms. The van der Waals surface area contributed by atoms with Gasteiger partial charge in [0.1, 0.15) is 5.82 Å². The average molecular weight is 397 g/mol. The van der Waals surface area contributed by atoms with E-state index in [2.05, 4.69) is 27.7 Å². The van der Waals surface area contributed by atoms with Crippen LogP contribution in [0.25, 0.3) is 0 Å². The summed E-state index contributed by atoms with van der Waals surface area (Å²) in [7, 11) is 0. The first-order valence-corrected chi connectivity index (χ1v) is 9.83. The number of carbonyl (C=O) groups is 2. The number of amides is 2. The van der Waals surface area contributed by atoms with E-state index in [1.54, 1.807) is 6.07 Å². The van der Waals surface area contributed by atoms with Crippen LogP contribution in [0.2, 0.25) is 0 Å². The van der Waals surface area contributed by atoms with Gasteiger partial charge in [-0.2, -0.15) is 0 Å². The van der Waals surface area contributed by atoms with Gasteiger partial charge in [0.25, 0.3) is 0 Å². The monoisotopic (exact) mass is 397 g/mol. The Labute approximate surface area is 169 Å². The number of hydrogen-bond acceptors (Lipinski definition) is 4. The molecule has 0 spiro atoms. The number of nitrogens with zero attached hydrogens (tertiary/aromatic N) is 1. The summed E-state index contributed by atoms with van der Waals surface area (Å²) in [5, 5.41) is 5.53. The van der Waals surface area contributed by atoms with Gasteiger partial charge in [-0.05, 0) is 28.8 Å². The smallest absolute Gasteiger partial charge is 0.228 e. The summed E-state index contributed by atoms with van der Waals surface area (Å²) in [5.41, 5.74) is 3.23. The molecule has 2 aromatic rings. The second kappa shape index (κ2) is 8.71. The first-order valence-electron chi connectivity index (χ1n) is 9.83. The zero-order chi connectivity index (χ0) is 20.2. The Morgan fingerprint density at radius 2 is 1.86 bits per heavy atom. The van der Waals surface area contributed by atoms with Gasteiger partial charge in [0, 0.05) is 38.3 Å². The number of morpholine rings is 1. The summed E-state index contributed by atoms with van der Waals surface area (Å²) in [6.45, 7) is 4.71. The minimum absolute atomic E-state index is 0.0585. The number of anilines is 1. The molecule has 2 aliphatic heterocycles. The van der Waals surface area contributed by atoms with E-state index in [1.807, 2.05) is 12.1 Å². The molecule has 0 aromatic heterocycles. The summed E-state index contributed by atoms with van der Waals surface area (Å²) >= 11 is 0. The highest BCUT2D eigenvalue weighted by Gasteiger charge is 2.30. The zero-order valence-electron chi connectivity index (χ0n) is 16.1. The van der Waals surface area contributed by atoms with Crippen molar-refractivity contribution in [3.8, 4) is 0 Å². The lowest BCUT2D eigenvalue weighted by Gasteiger charge is -2.26. The molecule has 7 heteroatoms. The molecule has 152 valence electrons. The van der Waals surface area contributed by atoms with Crippen LogP contribution in [0, 0.1) is 5.82 Å². The highest BCUT2D eigenvalue weighted by molar-refractivity contribution is 6.01. The van der Waals surface area contributed by atoms with Crippen LogP contribution in [0.4, 0.5) is 10.1 Å². The quantitative estimate of drug-likeness (QED) is 0.813. The van der Waals surface area contributed by atoms with Gasteiger partial charge in [0.15, 0.2) is 0 Å². The summed E-state index contributed by atoms with van der Waals surface area (Å²) in [6.07, 6.45) is 0.0585. The molecule has 2 amide bonds. The van der Waals surface area contributed by atoms with E-state index in [0.29, 0.717) is 17.8 Å². The van der Waals surface area contributed by atoms with Crippen molar-refractivity contribution in [3.05, 3.63) is 65.0 Å². The van der Waals surface area contributed by atoms with E-state index in [9.17, 15) is 14.0 Å². The first-order chi connectivity index (χ1) is 14.1. The predicted molar refractivity (Wildman–Crippen MR) is 107 cm³/mol. The average Bonchev–Trinajstić information content (AvgIpc) is 2.73. The Morgan fingerprint density at radius 3 is 2.62 bits per heavy atom. The molecule has 4 rings (SSSR count). The highest BCUT2D eigenvalue weighted by atomic mass is 19.1. The van der Waals surface area contributed by atoms with E-state index >= 15 is 0 Å². The second-order valence-electron chi connectivity index (χ2n) is 7.46. The SMILES string of the molecule is O=C1C[C@H](C(=O)NCc2ccc(CN3CCOCC3)cc2)c2ccc(F)cc2N1. The molecule has 1 fully saturated rings. The minimum atomic E-state index is -0.611. The van der Waals surface area contributed by atoms with E-state index in [4.69, 9.17) is 4.74 Å². The van der Waals surface area contributed by atoms with Crippen molar-refractivity contribution in [2.75, 3.05) is 31.6 Å². The molecule has 0 radical (unpaired) electrons. The molecule has 0 aliphatic carbocycles. The third-order valence-corrected chi connectivity index (χ3v) is 5.37. The van der Waals surface area contributed by atoms with Gasteiger partial charge in [-0.1, -0.05) is 30.3 Å². The van der Waals surface area contributed by atoms with Gasteiger partial charge in [-0.25, -0.2) is 4.39 Å². The maximum absolute atomic E-state index is 13.4. The minimum Gasteiger partial charge on any atom is -0.379 e. The van der Waals surface area contributed by atoms with Crippen molar-refractivity contribution in [2.24, 2.45) is 0 Å². The molecule has 1 atom stereocenters. The van der Waals surface area contributed by atoms with Crippen LogP contribution in [0.15, 0.2) is 42.5 Å². The Kier molecular flexibility index (Phi) is 5.87. The number of hydrogen-bond donors (Lipinski definition) is 2. The number of fused-ring (bicyclic) bond motifs is 1. The Balaban J connectivity index is 1.35. The summed E-state index contributed by atoms with van der Waals surface area (Å²) in [4.78, 5) is 26.9. The van der Waals surface area contributed by atoms with Crippen LogP contribution < -0.4 is 10.6 Å². The fourth-order valence-electron chi connectivity index (χ4n) is 3.76. The molecule has 1 saturated heterocycles. The number of carbonyl (C=O) groups excluding carboxylic acids is 2. The lowest BCUT2D eigenvalue weighted by Crippen LogP contribution is -2.35. The van der Waals surface area contributed by atoms with Crippen LogP contribution in [0.1, 0.15) is 29.0 Å². The van der Waals surface area contributed by atoms with Crippen molar-refractivity contribution < 1.29 is 18.7 Å². The third kappa shape index (κ3) is 4.81. The molecule has 2 aromatic carbocycles. The van der Waals surface area contributed by atoms with Crippen LogP contribution in [-0.2, 0) is 27.4 Å². The van der Waals surface area contributed by atoms with E-state index in [-0.39, 0.29) is 18.2 Å². The topological polar surface area (TPSA) is 70.7 Å². The van der Waals surface area contributed by atoms with Gasteiger partial charge in [-0.3, -0.25) is 14.5 Å². The van der Waals surface area contributed by atoms with E-state index < -0.39 is 11.7 Å². The van der Waals surface area contributed by atoms with Crippen LogP contribution in [0.3, 0.4) is 0 Å². The molecule has 2 N–H and O–H groups in total. The number of ether oxygens (including phenoxy) is 1. The van der Waals surface area contributed by atoms with Crippen molar-refractivity contribution in [3.63, 3.8) is 0 Å². The van der Waals surface area contributed by atoms with Gasteiger partial charge in [0.2, 0.25) is 11.8 Å². The largest absolute Gasteiger partial charge is 0.379 e. The van der Waals surface area contributed by atoms with Crippen molar-refractivity contribution in [1.29, 1.82) is 0 Å². The molecule has 6 nitrogen and oxygen atoms in total. The summed E-state index contributed by atoms with van der Waals surface area (Å²) in [5.74, 6) is -1.57. The summed E-state index contributed by atoms with van der Waals surface area (Å²) < 4.78 is 18.8. The molecular formula is C22H24FN3O3. The van der Waals surface area contributed by atoms with Crippen LogP contribution in [-0.4, -0.2) is 43.0 Å². The Morgan fingerprint density at radius 1 is 1.14 bits per heavy atom. The number of nitrogens with one attached hydrogen (secondary N) is 2. The van der Waals surface area contributed by atoms with E-state index in [1.165, 1.54) is 17.7 Å². The first kappa shape index (κ1) is 19.5. The lowest BCUT2D eigenvalue weighted by molar-refractivity contribution is -0.126. The zero-order valence-corrected chi connectivity index (χ0v) is 16.1. The fraction of sp³-hybridized carbons (Fsp3) is 0.364. The maximum atomic E-state index is 13.4. The van der Waals surface area contributed by atoms with Gasteiger partial charge < -0.3 is 15.4 Å². The maximum Gasteiger partial charge on any atom is 0.228 e. The fourth-order valence-corrected chi connectivity index (χ4v) is 3.76. The van der Waals surface area contributed by atoms with Gasteiger partial charge in [-0.15, -0.1) is 0 Å². The van der Waals surface area contributed by atoms with Crippen molar-refractivity contribution >= 4 is 17.5 Å². The molecule has 0 unspecified atom stereocenters. The number of rotatable bonds is 5. The Bertz CT molecular complexity index is 895. The molecule has 2 heterocycles. The third-order valence-electron chi connectivity index (χ3n) is 5.37. The molecule has 2 aliphatic rings. The van der Waals surface area contributed by atoms with Gasteiger partial charge in [0.05, 0.1) is 19.1 Å². The Hall–Kier alpha value is -2.77. The number of halogens is 1. The standard InChI is InChI=1S/C22H24FN3O3/c23-17-5-6-18-19(12-21(27)25-20(18)11-17)22(28)24-13-15-1-3-16(4-2-15)14-26-7-9-29-10-8-26/h1-6,11,19H,7-10,12-14H2,(H,24,28)(H,25,27)/t19-/m0/s1. The van der Waals surface area contributed by atoms with E-state index in [0.717, 1.165) is 38.4 Å². The highest BCUT2D eigenvalue weighted by Crippen LogP contribution is 2.32. The molecular weight excluding hydrogens is 373 g/mol. The lowest BCUT2D eigenvalue weighted by atomic mass is 9.89. The predicted octanol–water partition coefficient (Wildman–Crippen LogP) is 2.40. The number of benzene rings is 2. The molecule has 0 saturated carbocycles. The van der Waals surface area contributed by atoms with Crippen molar-refractivity contribution in [1.82, 2.24) is 10.2 Å². The van der Waals surface area contributed by atoms with Crippen LogP contribution in [0.5, 0.6) is 0 Å². The van der Waals surface area contributed by atoms with Crippen LogP contribution >= 0.6 is 0 Å². The normalized spacial score (nSPS) is 19.3. The van der Waals surface area contributed by atoms with Gasteiger partial charge >= 0.3 is 0 Å². The second-order valence-corrected chi connectivity index (χ2v) is 7.46. The molecule has 0 bridgehead atoms. The summed E-state index contributed by atoms with van der Waals surface area (Å²) in [6, 6.07) is 12.3.